The van der Waals surface area contributed by atoms with Crippen LogP contribution in [0.5, 0.6) is 0 Å². The fraction of sp³-hybridized carbons (Fsp3) is 0.118. The number of benzene rings is 2. The molecule has 1 amide bonds. The zero-order valence-corrected chi connectivity index (χ0v) is 11.6. The number of halogens is 1. The molecular weight excluding hydrogens is 267 g/mol. The first-order valence-corrected chi connectivity index (χ1v) is 6.74. The van der Waals surface area contributed by atoms with Crippen molar-refractivity contribution < 1.29 is 9.18 Å². The molecule has 0 saturated heterocycles. The number of carbonyl (C=O) groups excluding carboxylic acids is 1. The van der Waals surface area contributed by atoms with E-state index in [1.807, 2.05) is 41.8 Å². The maximum Gasteiger partial charge on any atom is 0.244 e. The molecule has 0 spiro atoms. The second-order valence-corrected chi connectivity index (χ2v) is 4.96. The third kappa shape index (κ3) is 2.65. The van der Waals surface area contributed by atoms with Crippen molar-refractivity contribution in [1.82, 2.24) is 4.57 Å². The normalized spacial score (nSPS) is 10.8. The molecule has 106 valence electrons. The molecule has 0 radical (unpaired) electrons. The van der Waals surface area contributed by atoms with E-state index in [9.17, 15) is 9.18 Å². The van der Waals surface area contributed by atoms with Gasteiger partial charge in [-0.25, -0.2) is 4.39 Å². The van der Waals surface area contributed by atoms with Crippen LogP contribution in [0.15, 0.2) is 54.6 Å². The summed E-state index contributed by atoms with van der Waals surface area (Å²) in [5.41, 5.74) is 2.20. The SMILES string of the molecule is Cc1cc2ccccc2n1CC(=O)Nc1ccccc1F. The number of hydrogen-bond acceptors (Lipinski definition) is 1. The lowest BCUT2D eigenvalue weighted by molar-refractivity contribution is -0.116. The van der Waals surface area contributed by atoms with Crippen molar-refractivity contribution in [2.75, 3.05) is 5.32 Å². The highest BCUT2D eigenvalue weighted by Gasteiger charge is 2.11. The highest BCUT2D eigenvalue weighted by molar-refractivity contribution is 5.92. The van der Waals surface area contributed by atoms with Crippen LogP contribution in [0, 0.1) is 12.7 Å². The first-order valence-electron chi connectivity index (χ1n) is 6.74. The van der Waals surface area contributed by atoms with E-state index >= 15 is 0 Å². The summed E-state index contributed by atoms with van der Waals surface area (Å²) in [6, 6.07) is 16.1. The van der Waals surface area contributed by atoms with Gasteiger partial charge in [0.2, 0.25) is 5.91 Å². The molecule has 0 unspecified atom stereocenters. The Balaban J connectivity index is 1.84. The van der Waals surface area contributed by atoms with E-state index in [1.165, 1.54) is 6.07 Å². The van der Waals surface area contributed by atoms with E-state index in [2.05, 4.69) is 5.32 Å². The lowest BCUT2D eigenvalue weighted by Crippen LogP contribution is -2.19. The van der Waals surface area contributed by atoms with Crippen LogP contribution in [0.1, 0.15) is 5.69 Å². The number of fused-ring (bicyclic) bond motifs is 1. The Morgan fingerprint density at radius 2 is 1.86 bits per heavy atom. The smallest absolute Gasteiger partial charge is 0.244 e. The van der Waals surface area contributed by atoms with Gasteiger partial charge in [-0.05, 0) is 36.6 Å². The number of carbonyl (C=O) groups is 1. The van der Waals surface area contributed by atoms with Gasteiger partial charge in [0, 0.05) is 11.2 Å². The van der Waals surface area contributed by atoms with E-state index in [4.69, 9.17) is 0 Å². The largest absolute Gasteiger partial charge is 0.335 e. The minimum absolute atomic E-state index is 0.160. The monoisotopic (exact) mass is 282 g/mol. The van der Waals surface area contributed by atoms with Crippen LogP contribution in [0.3, 0.4) is 0 Å². The van der Waals surface area contributed by atoms with Crippen LogP contribution in [0.4, 0.5) is 10.1 Å². The second-order valence-electron chi connectivity index (χ2n) is 4.96. The lowest BCUT2D eigenvalue weighted by atomic mass is 10.2. The van der Waals surface area contributed by atoms with Gasteiger partial charge in [-0.1, -0.05) is 30.3 Å². The van der Waals surface area contributed by atoms with Crippen molar-refractivity contribution in [3.63, 3.8) is 0 Å². The molecule has 1 aromatic heterocycles. The number of anilines is 1. The summed E-state index contributed by atoms with van der Waals surface area (Å²) >= 11 is 0. The molecule has 0 bridgehead atoms. The third-order valence-electron chi connectivity index (χ3n) is 3.47. The predicted octanol–water partition coefficient (Wildman–Crippen LogP) is 3.73. The number of rotatable bonds is 3. The van der Waals surface area contributed by atoms with Crippen LogP contribution in [0.2, 0.25) is 0 Å². The molecule has 0 aliphatic heterocycles. The lowest BCUT2D eigenvalue weighted by Gasteiger charge is -2.10. The maximum absolute atomic E-state index is 13.5. The van der Waals surface area contributed by atoms with Gasteiger partial charge in [-0.2, -0.15) is 0 Å². The van der Waals surface area contributed by atoms with Gasteiger partial charge in [0.05, 0.1) is 5.69 Å². The molecule has 0 saturated carbocycles. The fourth-order valence-corrected chi connectivity index (χ4v) is 2.45. The van der Waals surface area contributed by atoms with Gasteiger partial charge < -0.3 is 9.88 Å². The van der Waals surface area contributed by atoms with Crippen molar-refractivity contribution in [1.29, 1.82) is 0 Å². The molecule has 0 aliphatic carbocycles. The molecule has 3 aromatic rings. The van der Waals surface area contributed by atoms with Crippen LogP contribution in [0.25, 0.3) is 10.9 Å². The summed E-state index contributed by atoms with van der Waals surface area (Å²) in [6.45, 7) is 2.12. The van der Waals surface area contributed by atoms with Crippen molar-refractivity contribution in [2.24, 2.45) is 0 Å². The molecule has 4 heteroatoms. The van der Waals surface area contributed by atoms with Crippen LogP contribution < -0.4 is 5.32 Å². The molecule has 21 heavy (non-hydrogen) atoms. The number of nitrogens with zero attached hydrogens (tertiary/aromatic N) is 1. The van der Waals surface area contributed by atoms with Crippen molar-refractivity contribution in [2.45, 2.75) is 13.5 Å². The highest BCUT2D eigenvalue weighted by atomic mass is 19.1. The molecule has 0 fully saturated rings. The van der Waals surface area contributed by atoms with E-state index in [1.54, 1.807) is 18.2 Å². The minimum atomic E-state index is -0.431. The average molecular weight is 282 g/mol. The van der Waals surface area contributed by atoms with Gasteiger partial charge in [0.1, 0.15) is 12.4 Å². The molecular formula is C17H15FN2O. The molecule has 3 rings (SSSR count). The average Bonchev–Trinajstić information content (AvgIpc) is 2.78. The van der Waals surface area contributed by atoms with Gasteiger partial charge >= 0.3 is 0 Å². The van der Waals surface area contributed by atoms with E-state index in [-0.39, 0.29) is 18.1 Å². The zero-order chi connectivity index (χ0) is 14.8. The van der Waals surface area contributed by atoms with Gasteiger partial charge in [-0.3, -0.25) is 4.79 Å². The number of hydrogen-bond donors (Lipinski definition) is 1. The summed E-state index contributed by atoms with van der Waals surface area (Å²) in [7, 11) is 0. The Bertz CT molecular complexity index is 807. The van der Waals surface area contributed by atoms with Crippen molar-refractivity contribution >= 4 is 22.5 Å². The second kappa shape index (κ2) is 5.40. The summed E-state index contributed by atoms with van der Waals surface area (Å²) in [5.74, 6) is -0.676. The Morgan fingerprint density at radius 1 is 1.14 bits per heavy atom. The Hall–Kier alpha value is -2.62. The van der Waals surface area contributed by atoms with Crippen LogP contribution >= 0.6 is 0 Å². The number of aryl methyl sites for hydroxylation is 1. The summed E-state index contributed by atoms with van der Waals surface area (Å²) in [4.78, 5) is 12.1. The minimum Gasteiger partial charge on any atom is -0.335 e. The molecule has 1 N–H and O–H groups in total. The highest BCUT2D eigenvalue weighted by Crippen LogP contribution is 2.19. The summed E-state index contributed by atoms with van der Waals surface area (Å²) < 4.78 is 15.5. The van der Waals surface area contributed by atoms with E-state index < -0.39 is 5.82 Å². The number of para-hydroxylation sites is 2. The van der Waals surface area contributed by atoms with Gasteiger partial charge in [0.25, 0.3) is 0 Å². The first-order chi connectivity index (χ1) is 10.1. The number of aromatic nitrogens is 1. The summed E-state index contributed by atoms with van der Waals surface area (Å²) in [6.07, 6.45) is 0. The zero-order valence-electron chi connectivity index (χ0n) is 11.6. The molecule has 2 aromatic carbocycles. The van der Waals surface area contributed by atoms with Crippen LogP contribution in [-0.2, 0) is 11.3 Å². The Kier molecular flexibility index (Phi) is 3.44. The molecule has 3 nitrogen and oxygen atoms in total. The predicted molar refractivity (Wildman–Crippen MR) is 81.7 cm³/mol. The molecule has 0 aliphatic rings. The van der Waals surface area contributed by atoms with E-state index in [0.717, 1.165) is 16.6 Å². The van der Waals surface area contributed by atoms with Gasteiger partial charge in [0.15, 0.2) is 0 Å². The molecule has 0 atom stereocenters. The van der Waals surface area contributed by atoms with Crippen molar-refractivity contribution in [3.05, 3.63) is 66.1 Å². The topological polar surface area (TPSA) is 34.0 Å². The fourth-order valence-electron chi connectivity index (χ4n) is 2.45. The quantitative estimate of drug-likeness (QED) is 0.780. The maximum atomic E-state index is 13.5. The number of nitrogens with one attached hydrogen (secondary N) is 1. The summed E-state index contributed by atoms with van der Waals surface area (Å²) in [5, 5.41) is 3.70. The van der Waals surface area contributed by atoms with E-state index in [0.29, 0.717) is 0 Å². The van der Waals surface area contributed by atoms with Gasteiger partial charge in [-0.15, -0.1) is 0 Å². The standard InChI is InChI=1S/C17H15FN2O/c1-12-10-13-6-2-5-9-16(13)20(12)11-17(21)19-15-8-4-3-7-14(15)18/h2-10H,11H2,1H3,(H,19,21). The Morgan fingerprint density at radius 3 is 2.67 bits per heavy atom. The van der Waals surface area contributed by atoms with Crippen molar-refractivity contribution in [3.8, 4) is 0 Å². The number of amides is 1. The molecule has 1 heterocycles. The van der Waals surface area contributed by atoms with Crippen LogP contribution in [-0.4, -0.2) is 10.5 Å². The Labute approximate surface area is 122 Å². The first kappa shape index (κ1) is 13.4. The third-order valence-corrected chi connectivity index (χ3v) is 3.47.